The van der Waals surface area contributed by atoms with Crippen LogP contribution in [0.4, 0.5) is 24.5 Å². The molecule has 0 saturated carbocycles. The van der Waals surface area contributed by atoms with Crippen molar-refractivity contribution in [3.8, 4) is 11.5 Å². The number of benzene rings is 2. The Morgan fingerprint density at radius 2 is 2.00 bits per heavy atom. The SMILES string of the molecule is Cc1ccc(NC(=O)C2CNc3cc(OC(F)(F)F)ccc3O2)c(CN2CCOCC2)c1. The number of carbonyl (C=O) groups excluding carboxylic acids is 1. The molecule has 7 nitrogen and oxygen atoms in total. The van der Waals surface area contributed by atoms with Gasteiger partial charge in [-0.15, -0.1) is 13.2 Å². The highest BCUT2D eigenvalue weighted by atomic mass is 19.4. The van der Waals surface area contributed by atoms with Crippen LogP contribution in [0.3, 0.4) is 0 Å². The molecule has 4 rings (SSSR count). The van der Waals surface area contributed by atoms with Gasteiger partial charge >= 0.3 is 6.36 Å². The standard InChI is InChI=1S/C22H24F3N3O4/c1-14-2-4-17(15(10-14)13-28-6-8-30-9-7-28)27-21(29)20-12-26-18-11-16(32-22(23,24)25)3-5-19(18)31-20/h2-5,10-11,20,26H,6-9,12-13H2,1H3,(H,27,29). The van der Waals surface area contributed by atoms with Crippen LogP contribution in [0.1, 0.15) is 11.1 Å². The summed E-state index contributed by atoms with van der Waals surface area (Å²) in [6, 6.07) is 9.52. The van der Waals surface area contributed by atoms with Crippen LogP contribution in [-0.2, 0) is 16.1 Å². The minimum atomic E-state index is -4.78. The maximum absolute atomic E-state index is 12.9. The van der Waals surface area contributed by atoms with E-state index >= 15 is 0 Å². The van der Waals surface area contributed by atoms with Crippen molar-refractivity contribution in [2.24, 2.45) is 0 Å². The molecule has 1 fully saturated rings. The number of rotatable bonds is 5. The van der Waals surface area contributed by atoms with E-state index in [9.17, 15) is 18.0 Å². The smallest absolute Gasteiger partial charge is 0.477 e. The normalized spacial score (nSPS) is 18.8. The van der Waals surface area contributed by atoms with Crippen molar-refractivity contribution in [2.75, 3.05) is 43.5 Å². The number of nitrogens with one attached hydrogen (secondary N) is 2. The van der Waals surface area contributed by atoms with Gasteiger partial charge in [0.1, 0.15) is 11.5 Å². The lowest BCUT2D eigenvalue weighted by Crippen LogP contribution is -2.41. The summed E-state index contributed by atoms with van der Waals surface area (Å²) in [5.41, 5.74) is 3.13. The van der Waals surface area contributed by atoms with Crippen LogP contribution in [0.5, 0.6) is 11.5 Å². The van der Waals surface area contributed by atoms with Crippen LogP contribution in [0, 0.1) is 6.92 Å². The van der Waals surface area contributed by atoms with E-state index in [0.29, 0.717) is 31.1 Å². The average Bonchev–Trinajstić information content (AvgIpc) is 2.75. The van der Waals surface area contributed by atoms with Crippen LogP contribution in [0.15, 0.2) is 36.4 Å². The third-order valence-corrected chi connectivity index (χ3v) is 5.24. The Bertz CT molecular complexity index is 977. The summed E-state index contributed by atoms with van der Waals surface area (Å²) in [6.07, 6.45) is -5.62. The highest BCUT2D eigenvalue weighted by Crippen LogP contribution is 2.35. The number of hydrogen-bond acceptors (Lipinski definition) is 6. The molecule has 2 aromatic rings. The van der Waals surface area contributed by atoms with Crippen molar-refractivity contribution < 1.29 is 32.2 Å². The van der Waals surface area contributed by atoms with E-state index in [-0.39, 0.29) is 24.0 Å². The fourth-order valence-electron chi connectivity index (χ4n) is 3.68. The Morgan fingerprint density at radius 3 is 2.75 bits per heavy atom. The van der Waals surface area contributed by atoms with Gasteiger partial charge in [0.2, 0.25) is 0 Å². The Hall–Kier alpha value is -2.98. The number of halogens is 3. The van der Waals surface area contributed by atoms with Crippen molar-refractivity contribution in [1.29, 1.82) is 0 Å². The lowest BCUT2D eigenvalue weighted by atomic mass is 10.1. The highest BCUT2D eigenvalue weighted by molar-refractivity contribution is 5.96. The van der Waals surface area contributed by atoms with Crippen molar-refractivity contribution in [3.63, 3.8) is 0 Å². The zero-order valence-electron chi connectivity index (χ0n) is 17.5. The minimum Gasteiger partial charge on any atom is -0.477 e. The van der Waals surface area contributed by atoms with Gasteiger partial charge in [0.15, 0.2) is 6.10 Å². The molecule has 10 heteroatoms. The second-order valence-electron chi connectivity index (χ2n) is 7.73. The van der Waals surface area contributed by atoms with Crippen LogP contribution < -0.4 is 20.1 Å². The average molecular weight is 451 g/mol. The van der Waals surface area contributed by atoms with Crippen LogP contribution >= 0.6 is 0 Å². The van der Waals surface area contributed by atoms with E-state index in [1.54, 1.807) is 0 Å². The number of nitrogens with zero attached hydrogens (tertiary/aromatic N) is 1. The van der Waals surface area contributed by atoms with E-state index in [2.05, 4.69) is 20.3 Å². The lowest BCUT2D eigenvalue weighted by Gasteiger charge is -2.29. The number of fused-ring (bicyclic) bond motifs is 1. The summed E-state index contributed by atoms with van der Waals surface area (Å²) in [6.45, 7) is 5.82. The van der Waals surface area contributed by atoms with Gasteiger partial charge in [-0.25, -0.2) is 0 Å². The molecular formula is C22H24F3N3O4. The van der Waals surface area contributed by atoms with E-state index in [1.165, 1.54) is 12.1 Å². The number of hydrogen-bond donors (Lipinski definition) is 2. The summed E-state index contributed by atoms with van der Waals surface area (Å²) in [5, 5.41) is 5.87. The molecule has 0 aromatic heterocycles. The molecule has 1 amide bonds. The molecular weight excluding hydrogens is 427 g/mol. The topological polar surface area (TPSA) is 72.1 Å². The number of alkyl halides is 3. The second-order valence-corrected chi connectivity index (χ2v) is 7.73. The fourth-order valence-corrected chi connectivity index (χ4v) is 3.68. The van der Waals surface area contributed by atoms with Crippen molar-refractivity contribution in [1.82, 2.24) is 4.90 Å². The first kappa shape index (κ1) is 22.2. The van der Waals surface area contributed by atoms with Crippen molar-refractivity contribution in [3.05, 3.63) is 47.5 Å². The summed E-state index contributed by atoms with van der Waals surface area (Å²) >= 11 is 0. The van der Waals surface area contributed by atoms with Gasteiger partial charge in [0, 0.05) is 31.4 Å². The maximum Gasteiger partial charge on any atom is 0.573 e. The molecule has 172 valence electrons. The number of anilines is 2. The van der Waals surface area contributed by atoms with Crippen LogP contribution in [0.2, 0.25) is 0 Å². The van der Waals surface area contributed by atoms with Gasteiger partial charge in [-0.05, 0) is 30.7 Å². The molecule has 0 spiro atoms. The Labute approximate surface area is 183 Å². The molecule has 1 unspecified atom stereocenters. The number of amides is 1. The van der Waals surface area contributed by atoms with E-state index in [0.717, 1.165) is 30.3 Å². The minimum absolute atomic E-state index is 0.110. The molecule has 2 aromatic carbocycles. The monoisotopic (exact) mass is 451 g/mol. The third-order valence-electron chi connectivity index (χ3n) is 5.24. The summed E-state index contributed by atoms with van der Waals surface area (Å²) < 4.78 is 52.3. The Morgan fingerprint density at radius 1 is 1.22 bits per heavy atom. The molecule has 1 saturated heterocycles. The Balaban J connectivity index is 1.43. The number of ether oxygens (including phenoxy) is 3. The zero-order chi connectivity index (χ0) is 22.7. The first-order valence-corrected chi connectivity index (χ1v) is 10.3. The van der Waals surface area contributed by atoms with Crippen LogP contribution in [-0.4, -0.2) is 56.1 Å². The van der Waals surface area contributed by atoms with E-state index in [1.807, 2.05) is 25.1 Å². The lowest BCUT2D eigenvalue weighted by molar-refractivity contribution is -0.274. The van der Waals surface area contributed by atoms with Gasteiger partial charge in [-0.1, -0.05) is 17.7 Å². The van der Waals surface area contributed by atoms with Gasteiger partial charge in [-0.3, -0.25) is 9.69 Å². The van der Waals surface area contributed by atoms with Gasteiger partial charge in [0.05, 0.1) is 25.4 Å². The van der Waals surface area contributed by atoms with E-state index in [4.69, 9.17) is 9.47 Å². The Kier molecular flexibility index (Phi) is 6.43. The van der Waals surface area contributed by atoms with Crippen molar-refractivity contribution >= 4 is 17.3 Å². The summed E-state index contributed by atoms with van der Waals surface area (Å²) in [7, 11) is 0. The molecule has 2 aliphatic rings. The van der Waals surface area contributed by atoms with Gasteiger partial charge < -0.3 is 24.8 Å². The van der Waals surface area contributed by atoms with E-state index < -0.39 is 12.5 Å². The number of carbonyl (C=O) groups is 1. The molecule has 1 atom stereocenters. The summed E-state index contributed by atoms with van der Waals surface area (Å²) in [5.74, 6) is -0.420. The van der Waals surface area contributed by atoms with Crippen LogP contribution in [0.25, 0.3) is 0 Å². The predicted octanol–water partition coefficient (Wildman–Crippen LogP) is 3.54. The molecule has 0 radical (unpaired) electrons. The highest BCUT2D eigenvalue weighted by Gasteiger charge is 2.32. The van der Waals surface area contributed by atoms with Crippen molar-refractivity contribution in [2.45, 2.75) is 25.9 Å². The van der Waals surface area contributed by atoms with Gasteiger partial charge in [0.25, 0.3) is 5.91 Å². The molecule has 2 heterocycles. The quantitative estimate of drug-likeness (QED) is 0.725. The predicted molar refractivity (Wildman–Crippen MR) is 112 cm³/mol. The molecule has 0 aliphatic carbocycles. The molecule has 32 heavy (non-hydrogen) atoms. The first-order valence-electron chi connectivity index (χ1n) is 10.3. The number of aryl methyl sites for hydroxylation is 1. The summed E-state index contributed by atoms with van der Waals surface area (Å²) in [4.78, 5) is 15.1. The number of morpholine rings is 1. The zero-order valence-corrected chi connectivity index (χ0v) is 17.5. The second kappa shape index (κ2) is 9.25. The van der Waals surface area contributed by atoms with Gasteiger partial charge in [-0.2, -0.15) is 0 Å². The molecule has 2 aliphatic heterocycles. The molecule has 0 bridgehead atoms. The third kappa shape index (κ3) is 5.63. The maximum atomic E-state index is 12.9. The molecule has 2 N–H and O–H groups in total. The largest absolute Gasteiger partial charge is 0.573 e. The first-order chi connectivity index (χ1) is 15.3. The fraction of sp³-hybridized carbons (Fsp3) is 0.409.